The van der Waals surface area contributed by atoms with Gasteiger partial charge in [0.15, 0.2) is 5.78 Å². The van der Waals surface area contributed by atoms with Gasteiger partial charge in [0.1, 0.15) is 5.75 Å². The van der Waals surface area contributed by atoms with Crippen LogP contribution in [0.2, 0.25) is 0 Å². The van der Waals surface area contributed by atoms with E-state index in [-0.39, 0.29) is 17.6 Å². The lowest BCUT2D eigenvalue weighted by molar-refractivity contribution is -0.131. The Kier molecular flexibility index (Phi) is 6.05. The molecule has 0 spiro atoms. The molecule has 1 aliphatic rings. The summed E-state index contributed by atoms with van der Waals surface area (Å²) < 4.78 is 5.43. The van der Waals surface area contributed by atoms with Gasteiger partial charge in [-0.05, 0) is 37.5 Å². The molecule has 2 aromatic carbocycles. The monoisotopic (exact) mass is 351 g/mol. The minimum Gasteiger partial charge on any atom is -0.494 e. The largest absolute Gasteiger partial charge is 0.494 e. The van der Waals surface area contributed by atoms with E-state index in [9.17, 15) is 9.59 Å². The molecule has 0 aromatic heterocycles. The van der Waals surface area contributed by atoms with E-state index in [4.69, 9.17) is 4.74 Å². The summed E-state index contributed by atoms with van der Waals surface area (Å²) in [6.45, 7) is 3.82. The fourth-order valence-electron chi connectivity index (χ4n) is 3.41. The molecule has 26 heavy (non-hydrogen) atoms. The normalized spacial score (nSPS) is 17.0. The molecular weight excluding hydrogens is 326 g/mol. The van der Waals surface area contributed by atoms with Crippen LogP contribution < -0.4 is 4.74 Å². The Morgan fingerprint density at radius 1 is 1.08 bits per heavy atom. The summed E-state index contributed by atoms with van der Waals surface area (Å²) in [5.74, 6) is 0.939. The molecule has 1 fully saturated rings. The van der Waals surface area contributed by atoms with Crippen LogP contribution in [0.25, 0.3) is 0 Å². The highest BCUT2D eigenvalue weighted by Gasteiger charge is 2.28. The number of likely N-dealkylation sites (tertiary alicyclic amines) is 1. The summed E-state index contributed by atoms with van der Waals surface area (Å²) >= 11 is 0. The van der Waals surface area contributed by atoms with Crippen LogP contribution in [0.4, 0.5) is 0 Å². The first kappa shape index (κ1) is 18.2. The average molecular weight is 351 g/mol. The van der Waals surface area contributed by atoms with Crippen LogP contribution in [0.3, 0.4) is 0 Å². The van der Waals surface area contributed by atoms with Crippen molar-refractivity contribution in [3.05, 3.63) is 65.7 Å². The number of ketones is 1. The fourth-order valence-corrected chi connectivity index (χ4v) is 3.41. The van der Waals surface area contributed by atoms with Crippen LogP contribution in [0.15, 0.2) is 54.6 Å². The molecular formula is C22H25NO3. The van der Waals surface area contributed by atoms with Gasteiger partial charge < -0.3 is 9.64 Å². The molecule has 0 N–H and O–H groups in total. The lowest BCUT2D eigenvalue weighted by Crippen LogP contribution is -2.43. The molecule has 2 aromatic rings. The van der Waals surface area contributed by atoms with Crippen molar-refractivity contribution in [1.82, 2.24) is 4.90 Å². The molecule has 4 heteroatoms. The van der Waals surface area contributed by atoms with Gasteiger partial charge in [0, 0.05) is 24.6 Å². The molecule has 0 aliphatic carbocycles. The van der Waals surface area contributed by atoms with Gasteiger partial charge in [-0.1, -0.05) is 42.5 Å². The summed E-state index contributed by atoms with van der Waals surface area (Å²) in [4.78, 5) is 27.2. The van der Waals surface area contributed by atoms with Gasteiger partial charge in [0.25, 0.3) is 0 Å². The Balaban J connectivity index is 1.60. The van der Waals surface area contributed by atoms with Gasteiger partial charge in [-0.3, -0.25) is 9.59 Å². The smallest absolute Gasteiger partial charge is 0.227 e. The van der Waals surface area contributed by atoms with Gasteiger partial charge in [0.2, 0.25) is 5.91 Å². The molecule has 1 aliphatic heterocycles. The predicted molar refractivity (Wildman–Crippen MR) is 101 cm³/mol. The van der Waals surface area contributed by atoms with Crippen molar-refractivity contribution in [2.24, 2.45) is 5.92 Å². The predicted octanol–water partition coefficient (Wildman–Crippen LogP) is 3.75. The van der Waals surface area contributed by atoms with E-state index in [1.54, 1.807) is 0 Å². The summed E-state index contributed by atoms with van der Waals surface area (Å²) in [6, 6.07) is 17.0. The summed E-state index contributed by atoms with van der Waals surface area (Å²) in [5.41, 5.74) is 1.70. The van der Waals surface area contributed by atoms with Crippen molar-refractivity contribution in [3.63, 3.8) is 0 Å². The Bertz CT molecular complexity index is 740. The van der Waals surface area contributed by atoms with E-state index >= 15 is 0 Å². The lowest BCUT2D eigenvalue weighted by Gasteiger charge is -2.32. The van der Waals surface area contributed by atoms with Gasteiger partial charge >= 0.3 is 0 Å². The third-order valence-electron chi connectivity index (χ3n) is 4.79. The number of carbonyl (C=O) groups is 2. The number of Topliss-reactive ketones (excluding diaryl/α,β-unsaturated/α-hetero) is 1. The third-order valence-corrected chi connectivity index (χ3v) is 4.79. The summed E-state index contributed by atoms with van der Waals surface area (Å²) in [6.07, 6.45) is 2.08. The number of benzene rings is 2. The van der Waals surface area contributed by atoms with Gasteiger partial charge in [-0.2, -0.15) is 0 Å². The second-order valence-electron chi connectivity index (χ2n) is 6.66. The van der Waals surface area contributed by atoms with Gasteiger partial charge in [0.05, 0.1) is 13.0 Å². The number of rotatable bonds is 6. The zero-order valence-electron chi connectivity index (χ0n) is 15.2. The summed E-state index contributed by atoms with van der Waals surface area (Å²) in [7, 11) is 0. The fraction of sp³-hybridized carbons (Fsp3) is 0.364. The molecule has 0 bridgehead atoms. The van der Waals surface area contributed by atoms with Gasteiger partial charge in [-0.25, -0.2) is 0 Å². The van der Waals surface area contributed by atoms with E-state index < -0.39 is 0 Å². The lowest BCUT2D eigenvalue weighted by atomic mass is 9.90. The number of hydrogen-bond donors (Lipinski definition) is 0. The maximum Gasteiger partial charge on any atom is 0.227 e. The molecule has 1 heterocycles. The summed E-state index contributed by atoms with van der Waals surface area (Å²) in [5, 5.41) is 0. The Morgan fingerprint density at radius 2 is 1.81 bits per heavy atom. The Labute approximate surface area is 154 Å². The van der Waals surface area contributed by atoms with Crippen molar-refractivity contribution in [2.45, 2.75) is 26.2 Å². The van der Waals surface area contributed by atoms with Gasteiger partial charge in [-0.15, -0.1) is 0 Å². The van der Waals surface area contributed by atoms with Crippen molar-refractivity contribution >= 4 is 11.7 Å². The van der Waals surface area contributed by atoms with E-state index in [0.29, 0.717) is 19.6 Å². The van der Waals surface area contributed by atoms with E-state index in [2.05, 4.69) is 0 Å². The Morgan fingerprint density at radius 3 is 2.50 bits per heavy atom. The zero-order chi connectivity index (χ0) is 18.4. The molecule has 1 saturated heterocycles. The molecule has 1 unspecified atom stereocenters. The minimum atomic E-state index is -0.101. The quantitative estimate of drug-likeness (QED) is 0.745. The van der Waals surface area contributed by atoms with E-state index in [0.717, 1.165) is 36.3 Å². The Hall–Kier alpha value is -2.62. The molecule has 4 nitrogen and oxygen atoms in total. The molecule has 0 saturated carbocycles. The first-order chi connectivity index (χ1) is 12.7. The first-order valence-electron chi connectivity index (χ1n) is 9.26. The molecule has 136 valence electrons. The number of piperidine rings is 1. The first-order valence-corrected chi connectivity index (χ1v) is 9.26. The van der Waals surface area contributed by atoms with Crippen LogP contribution in [0.1, 0.15) is 35.7 Å². The number of hydrogen-bond acceptors (Lipinski definition) is 3. The van der Waals surface area contributed by atoms with E-state index in [1.807, 2.05) is 66.4 Å². The van der Waals surface area contributed by atoms with Crippen molar-refractivity contribution in [3.8, 4) is 5.75 Å². The average Bonchev–Trinajstić information content (AvgIpc) is 2.70. The second kappa shape index (κ2) is 8.65. The second-order valence-corrected chi connectivity index (χ2v) is 6.66. The van der Waals surface area contributed by atoms with Crippen molar-refractivity contribution < 1.29 is 14.3 Å². The molecule has 0 radical (unpaired) electrons. The van der Waals surface area contributed by atoms with Crippen LogP contribution >= 0.6 is 0 Å². The minimum absolute atomic E-state index is 0.0831. The number of ether oxygens (including phenoxy) is 1. The van der Waals surface area contributed by atoms with Crippen LogP contribution in [0.5, 0.6) is 5.75 Å². The number of amides is 1. The molecule has 1 amide bonds. The van der Waals surface area contributed by atoms with Crippen molar-refractivity contribution in [2.75, 3.05) is 19.7 Å². The third kappa shape index (κ3) is 4.51. The topological polar surface area (TPSA) is 46.6 Å². The molecule has 1 atom stereocenters. The van der Waals surface area contributed by atoms with E-state index in [1.165, 1.54) is 0 Å². The SMILES string of the molecule is CCOc1ccc(CC(=O)N2CCCC(C(=O)c3ccccc3)C2)cc1. The highest BCUT2D eigenvalue weighted by Crippen LogP contribution is 2.22. The maximum absolute atomic E-state index is 12.7. The highest BCUT2D eigenvalue weighted by molar-refractivity contribution is 5.98. The molecule has 3 rings (SSSR count). The highest BCUT2D eigenvalue weighted by atomic mass is 16.5. The standard InChI is InChI=1S/C22H25NO3/c1-2-26-20-12-10-17(11-13-20)15-21(24)23-14-6-9-19(16-23)22(25)18-7-4-3-5-8-18/h3-5,7-8,10-13,19H,2,6,9,14-16H2,1H3. The van der Waals surface area contributed by atoms with Crippen LogP contribution in [-0.4, -0.2) is 36.3 Å². The number of nitrogens with zero attached hydrogens (tertiary/aromatic N) is 1. The maximum atomic E-state index is 12.7. The number of carbonyl (C=O) groups excluding carboxylic acids is 2. The van der Waals surface area contributed by atoms with Crippen LogP contribution in [0, 0.1) is 5.92 Å². The zero-order valence-corrected chi connectivity index (χ0v) is 15.2. The van der Waals surface area contributed by atoms with Crippen molar-refractivity contribution in [1.29, 1.82) is 0 Å². The van der Waals surface area contributed by atoms with Crippen LogP contribution in [-0.2, 0) is 11.2 Å².